The third kappa shape index (κ3) is 4.89. The minimum Gasteiger partial charge on any atom is -0.391 e. The molecule has 3 rings (SSSR count). The highest BCUT2D eigenvalue weighted by atomic mass is 31.1. The summed E-state index contributed by atoms with van der Waals surface area (Å²) in [6, 6.07) is 13.0. The van der Waals surface area contributed by atoms with Crippen LogP contribution in [0.1, 0.15) is 43.1 Å². The quantitative estimate of drug-likeness (QED) is 0.308. The summed E-state index contributed by atoms with van der Waals surface area (Å²) in [5.41, 5.74) is 1.33. The van der Waals surface area contributed by atoms with Crippen LogP contribution in [0.5, 0.6) is 0 Å². The first-order valence-corrected chi connectivity index (χ1v) is 11.4. The van der Waals surface area contributed by atoms with Crippen molar-refractivity contribution in [1.82, 2.24) is 4.98 Å². The number of hydrogen-bond acceptors (Lipinski definition) is 5. The third-order valence-electron chi connectivity index (χ3n) is 5.15. The number of carbonyl (C=O) groups is 1. The summed E-state index contributed by atoms with van der Waals surface area (Å²) in [5, 5.41) is 11.5. The molecule has 8 heteroatoms. The van der Waals surface area contributed by atoms with Gasteiger partial charge in [0.15, 0.2) is 8.03 Å². The molecule has 0 saturated heterocycles. The molecule has 2 N–H and O–H groups in total. The van der Waals surface area contributed by atoms with E-state index in [-0.39, 0.29) is 5.92 Å². The second-order valence-electron chi connectivity index (χ2n) is 7.64. The number of terminal acetylenes is 1. The zero-order valence-electron chi connectivity index (χ0n) is 17.6. The summed E-state index contributed by atoms with van der Waals surface area (Å²) in [5.74, 6) is -1.50. The molecule has 2 aromatic carbocycles. The molecule has 3 atom stereocenters. The van der Waals surface area contributed by atoms with Gasteiger partial charge in [-0.2, -0.15) is 0 Å². The Hall–Kier alpha value is -3.04. The van der Waals surface area contributed by atoms with Gasteiger partial charge in [-0.1, -0.05) is 50.6 Å². The van der Waals surface area contributed by atoms with Crippen LogP contribution in [-0.4, -0.2) is 27.1 Å². The molecule has 1 heterocycles. The first-order valence-electron chi connectivity index (χ1n) is 9.99. The largest absolute Gasteiger partial charge is 0.391 e. The molecule has 3 unspecified atom stereocenters. The first kappa shape index (κ1) is 23.6. The van der Waals surface area contributed by atoms with Gasteiger partial charge >= 0.3 is 5.97 Å². The van der Waals surface area contributed by atoms with Gasteiger partial charge in [0.2, 0.25) is 0 Å². The molecule has 1 aromatic heterocycles. The number of benzene rings is 2. The molecule has 0 aliphatic rings. The van der Waals surface area contributed by atoms with E-state index in [4.69, 9.17) is 11.4 Å². The third-order valence-corrected chi connectivity index (χ3v) is 6.36. The predicted octanol–water partition coefficient (Wildman–Crippen LogP) is 4.56. The Labute approximate surface area is 185 Å². The van der Waals surface area contributed by atoms with Gasteiger partial charge in [0.05, 0.1) is 23.7 Å². The highest BCUT2D eigenvalue weighted by Gasteiger charge is 2.35. The number of hydrogen-bond donors (Lipinski definition) is 2. The van der Waals surface area contributed by atoms with E-state index in [2.05, 4.69) is 4.74 Å². The highest BCUT2D eigenvalue weighted by Crippen LogP contribution is 2.49. The summed E-state index contributed by atoms with van der Waals surface area (Å²) in [6.07, 6.45) is 4.59. The van der Waals surface area contributed by atoms with E-state index in [1.54, 1.807) is 30.4 Å². The summed E-state index contributed by atoms with van der Waals surface area (Å²) in [4.78, 5) is 26.9. The van der Waals surface area contributed by atoms with Gasteiger partial charge in [0.1, 0.15) is 11.9 Å². The van der Waals surface area contributed by atoms with Gasteiger partial charge < -0.3 is 14.7 Å². The Morgan fingerprint density at radius 2 is 1.88 bits per heavy atom. The Balaban J connectivity index is 2.36. The van der Waals surface area contributed by atoms with Gasteiger partial charge in [-0.25, -0.2) is 4.39 Å². The number of esters is 1. The highest BCUT2D eigenvalue weighted by molar-refractivity contribution is 7.38. The molecule has 3 aromatic rings. The van der Waals surface area contributed by atoms with Crippen LogP contribution < -0.4 is 0 Å². The van der Waals surface area contributed by atoms with Gasteiger partial charge in [0.25, 0.3) is 0 Å². The van der Waals surface area contributed by atoms with Crippen molar-refractivity contribution in [2.45, 2.75) is 37.9 Å². The van der Waals surface area contributed by atoms with Crippen molar-refractivity contribution in [3.8, 4) is 23.7 Å². The lowest BCUT2D eigenvalue weighted by atomic mass is 9.87. The lowest BCUT2D eigenvalue weighted by Crippen LogP contribution is -2.23. The standard InChI is InChI=1S/C24H23FNO5P/c1-4-31-20(28)13-19(27)24(32(29)30)22-21(15-9-11-16(25)12-10-15)17-7-5-6-8-18(17)26-23(22)14(2)3/h1,5-12,14,19,24,27,32H,13H2,2-3H3,(H,29,30). The average molecular weight is 455 g/mol. The topological polar surface area (TPSA) is 96.7 Å². The fourth-order valence-corrected chi connectivity index (χ4v) is 4.79. The average Bonchev–Trinajstić information content (AvgIpc) is 2.73. The smallest absolute Gasteiger partial charge is 0.322 e. The Morgan fingerprint density at radius 3 is 2.47 bits per heavy atom. The normalized spacial score (nSPS) is 14.0. The maximum atomic E-state index is 13.7. The van der Waals surface area contributed by atoms with Crippen LogP contribution in [0.25, 0.3) is 22.0 Å². The molecule has 0 amide bonds. The van der Waals surface area contributed by atoms with Crippen LogP contribution in [0.2, 0.25) is 0 Å². The lowest BCUT2D eigenvalue weighted by Gasteiger charge is -2.27. The maximum Gasteiger partial charge on any atom is 0.322 e. The maximum absolute atomic E-state index is 13.7. The predicted molar refractivity (Wildman–Crippen MR) is 121 cm³/mol. The molecule has 0 radical (unpaired) electrons. The Bertz CT molecular complexity index is 1200. The van der Waals surface area contributed by atoms with Crippen molar-refractivity contribution in [3.05, 3.63) is 65.6 Å². The minimum absolute atomic E-state index is 0.178. The van der Waals surface area contributed by atoms with Crippen molar-refractivity contribution in [2.75, 3.05) is 0 Å². The van der Waals surface area contributed by atoms with Gasteiger partial charge in [-0.05, 0) is 40.8 Å². The number of ether oxygens (including phenoxy) is 1. The molecular weight excluding hydrogens is 432 g/mol. The molecule has 6 nitrogen and oxygen atoms in total. The van der Waals surface area contributed by atoms with Crippen molar-refractivity contribution in [3.63, 3.8) is 0 Å². The fourth-order valence-electron chi connectivity index (χ4n) is 3.80. The number of para-hydroxylation sites is 1. The van der Waals surface area contributed by atoms with Crippen LogP contribution in [0, 0.1) is 18.3 Å². The van der Waals surface area contributed by atoms with E-state index >= 15 is 0 Å². The first-order chi connectivity index (χ1) is 15.2. The molecule has 0 aliphatic carbocycles. The molecule has 0 spiro atoms. The van der Waals surface area contributed by atoms with E-state index < -0.39 is 38.0 Å². The van der Waals surface area contributed by atoms with Crippen LogP contribution in [0.4, 0.5) is 4.39 Å². The number of fused-ring (bicyclic) bond motifs is 1. The van der Waals surface area contributed by atoms with Crippen molar-refractivity contribution < 1.29 is 28.5 Å². The molecular formula is C24H23FNO5P. The second-order valence-corrected chi connectivity index (χ2v) is 8.94. The van der Waals surface area contributed by atoms with Crippen LogP contribution in [-0.2, 0) is 14.1 Å². The number of halogens is 1. The van der Waals surface area contributed by atoms with E-state index in [9.17, 15) is 23.7 Å². The number of nitrogens with zero attached hydrogens (tertiary/aromatic N) is 1. The summed E-state index contributed by atoms with van der Waals surface area (Å²) in [7, 11) is -3.42. The Kier molecular flexibility index (Phi) is 7.42. The van der Waals surface area contributed by atoms with E-state index in [0.717, 1.165) is 0 Å². The lowest BCUT2D eigenvalue weighted by molar-refractivity contribution is -0.139. The van der Waals surface area contributed by atoms with E-state index in [1.165, 1.54) is 12.1 Å². The number of aliphatic hydroxyl groups is 1. The summed E-state index contributed by atoms with van der Waals surface area (Å²) >= 11 is 0. The molecule has 166 valence electrons. The number of aliphatic hydroxyl groups excluding tert-OH is 1. The van der Waals surface area contributed by atoms with Crippen molar-refractivity contribution >= 4 is 24.9 Å². The number of rotatable bonds is 7. The van der Waals surface area contributed by atoms with E-state index in [1.807, 2.05) is 26.0 Å². The summed E-state index contributed by atoms with van der Waals surface area (Å²) < 4.78 is 30.7. The summed E-state index contributed by atoms with van der Waals surface area (Å²) in [6.45, 7) is 3.75. The molecule has 0 aliphatic heterocycles. The van der Waals surface area contributed by atoms with Gasteiger partial charge in [0, 0.05) is 11.1 Å². The van der Waals surface area contributed by atoms with Crippen molar-refractivity contribution in [1.29, 1.82) is 0 Å². The minimum atomic E-state index is -3.42. The van der Waals surface area contributed by atoms with Crippen LogP contribution in [0.3, 0.4) is 0 Å². The van der Waals surface area contributed by atoms with Crippen molar-refractivity contribution in [2.24, 2.45) is 0 Å². The zero-order valence-corrected chi connectivity index (χ0v) is 18.6. The molecule has 0 saturated carbocycles. The monoisotopic (exact) mass is 455 g/mol. The second kappa shape index (κ2) is 10.1. The Morgan fingerprint density at radius 1 is 1.22 bits per heavy atom. The SMILES string of the molecule is C#COC(=O)CC(O)C(c1c(C(C)C)nc2ccccc2c1-c1ccc(F)cc1)[PH](=O)O. The van der Waals surface area contributed by atoms with Gasteiger partial charge in [-0.3, -0.25) is 14.3 Å². The number of carbonyl (C=O) groups excluding carboxylic acids is 1. The molecule has 32 heavy (non-hydrogen) atoms. The fraction of sp³-hybridized carbons (Fsp3) is 0.250. The van der Waals surface area contributed by atoms with E-state index in [0.29, 0.717) is 33.3 Å². The number of pyridine rings is 1. The number of aromatic nitrogens is 1. The van der Waals surface area contributed by atoms with Crippen LogP contribution >= 0.6 is 8.03 Å². The van der Waals surface area contributed by atoms with Crippen LogP contribution in [0.15, 0.2) is 48.5 Å². The zero-order chi connectivity index (χ0) is 23.4. The van der Waals surface area contributed by atoms with Gasteiger partial charge in [-0.15, -0.1) is 0 Å². The molecule has 0 bridgehead atoms. The molecule has 0 fully saturated rings.